The van der Waals surface area contributed by atoms with Gasteiger partial charge in [0.2, 0.25) is 0 Å². The van der Waals surface area contributed by atoms with Crippen LogP contribution < -0.4 is 11.1 Å². The summed E-state index contributed by atoms with van der Waals surface area (Å²) in [6.07, 6.45) is 7.19. The molecule has 1 heterocycles. The van der Waals surface area contributed by atoms with Gasteiger partial charge in [0.05, 0.1) is 0 Å². The molecule has 2 atom stereocenters. The third-order valence-electron chi connectivity index (χ3n) is 3.57. The molecule has 2 fully saturated rings. The van der Waals surface area contributed by atoms with Crippen molar-refractivity contribution in [2.24, 2.45) is 17.6 Å². The van der Waals surface area contributed by atoms with Crippen molar-refractivity contribution in [2.75, 3.05) is 13.1 Å². The average molecular weight is 168 g/mol. The highest BCUT2D eigenvalue weighted by atomic mass is 15.0. The summed E-state index contributed by atoms with van der Waals surface area (Å²) >= 11 is 0. The van der Waals surface area contributed by atoms with Crippen molar-refractivity contribution in [1.82, 2.24) is 5.32 Å². The number of hydrogen-bond donors (Lipinski definition) is 2. The van der Waals surface area contributed by atoms with Gasteiger partial charge >= 0.3 is 0 Å². The molecule has 2 aliphatic rings. The molecule has 0 aromatic rings. The second-order valence-electron chi connectivity index (χ2n) is 4.38. The van der Waals surface area contributed by atoms with Crippen LogP contribution in [0.3, 0.4) is 0 Å². The largest absolute Gasteiger partial charge is 0.326 e. The molecule has 1 aliphatic carbocycles. The molecule has 1 aliphatic heterocycles. The lowest BCUT2D eigenvalue weighted by Gasteiger charge is -2.29. The highest BCUT2D eigenvalue weighted by molar-refractivity contribution is 4.89. The first kappa shape index (κ1) is 8.52. The fraction of sp³-hybridized carbons (Fsp3) is 1.00. The van der Waals surface area contributed by atoms with Gasteiger partial charge in [-0.05, 0) is 18.4 Å². The smallest absolute Gasteiger partial charge is 0.0208 e. The van der Waals surface area contributed by atoms with E-state index in [4.69, 9.17) is 5.73 Å². The van der Waals surface area contributed by atoms with Gasteiger partial charge in [0, 0.05) is 12.6 Å². The quantitative estimate of drug-likeness (QED) is 0.615. The van der Waals surface area contributed by atoms with Crippen LogP contribution in [0.15, 0.2) is 0 Å². The monoisotopic (exact) mass is 168 g/mol. The van der Waals surface area contributed by atoms with Crippen LogP contribution in [0, 0.1) is 11.8 Å². The van der Waals surface area contributed by atoms with E-state index in [9.17, 15) is 0 Å². The minimum atomic E-state index is 0.438. The van der Waals surface area contributed by atoms with Gasteiger partial charge in [-0.1, -0.05) is 32.1 Å². The lowest BCUT2D eigenvalue weighted by Crippen LogP contribution is -2.34. The van der Waals surface area contributed by atoms with Gasteiger partial charge < -0.3 is 11.1 Å². The highest BCUT2D eigenvalue weighted by Gasteiger charge is 2.31. The van der Waals surface area contributed by atoms with Crippen molar-refractivity contribution in [1.29, 1.82) is 0 Å². The molecule has 0 aromatic carbocycles. The maximum Gasteiger partial charge on any atom is 0.0208 e. The van der Waals surface area contributed by atoms with Crippen LogP contribution in [-0.4, -0.2) is 19.1 Å². The second kappa shape index (κ2) is 3.75. The minimum absolute atomic E-state index is 0.438. The molecule has 0 amide bonds. The summed E-state index contributed by atoms with van der Waals surface area (Å²) in [7, 11) is 0. The maximum absolute atomic E-state index is 6.05. The first-order valence-electron chi connectivity index (χ1n) is 5.34. The van der Waals surface area contributed by atoms with Crippen LogP contribution in [0.2, 0.25) is 0 Å². The molecule has 2 heteroatoms. The van der Waals surface area contributed by atoms with E-state index in [1.165, 1.54) is 38.6 Å². The Balaban J connectivity index is 1.89. The predicted octanol–water partition coefficient (Wildman–Crippen LogP) is 1.11. The van der Waals surface area contributed by atoms with E-state index >= 15 is 0 Å². The number of nitrogens with one attached hydrogen (secondary N) is 1. The molecule has 1 saturated carbocycles. The van der Waals surface area contributed by atoms with Crippen LogP contribution >= 0.6 is 0 Å². The van der Waals surface area contributed by atoms with Gasteiger partial charge in [0.1, 0.15) is 0 Å². The van der Waals surface area contributed by atoms with Gasteiger partial charge in [-0.15, -0.1) is 0 Å². The fourth-order valence-corrected chi connectivity index (χ4v) is 2.80. The van der Waals surface area contributed by atoms with E-state index in [-0.39, 0.29) is 0 Å². The molecule has 0 aromatic heterocycles. The van der Waals surface area contributed by atoms with Crippen molar-refractivity contribution in [3.8, 4) is 0 Å². The Labute approximate surface area is 74.9 Å². The van der Waals surface area contributed by atoms with Crippen LogP contribution in [0.25, 0.3) is 0 Å². The Kier molecular flexibility index (Phi) is 2.66. The van der Waals surface area contributed by atoms with Crippen molar-refractivity contribution in [2.45, 2.75) is 38.1 Å². The van der Waals surface area contributed by atoms with E-state index < -0.39 is 0 Å². The second-order valence-corrected chi connectivity index (χ2v) is 4.38. The van der Waals surface area contributed by atoms with Crippen molar-refractivity contribution >= 4 is 0 Å². The molecule has 0 spiro atoms. The van der Waals surface area contributed by atoms with Crippen molar-refractivity contribution in [3.05, 3.63) is 0 Å². The van der Waals surface area contributed by atoms with E-state index in [0.717, 1.165) is 18.4 Å². The topological polar surface area (TPSA) is 38.0 Å². The third-order valence-corrected chi connectivity index (χ3v) is 3.57. The van der Waals surface area contributed by atoms with Crippen LogP contribution in [-0.2, 0) is 0 Å². The number of hydrogen-bond acceptors (Lipinski definition) is 2. The molecular formula is C10H20N2. The number of nitrogens with two attached hydrogens (primary N) is 1. The standard InChI is InChI=1S/C10H20N2/c11-10-7-12-6-9(10)8-4-2-1-3-5-8/h8-10,12H,1-7,11H2/t9-,10+/m0/s1. The average Bonchev–Trinajstić information content (AvgIpc) is 2.53. The molecular weight excluding hydrogens is 148 g/mol. The Morgan fingerprint density at radius 1 is 1.00 bits per heavy atom. The normalized spacial score (nSPS) is 38.8. The lowest BCUT2D eigenvalue weighted by atomic mass is 9.78. The Bertz CT molecular complexity index is 141. The van der Waals surface area contributed by atoms with E-state index in [2.05, 4.69) is 5.32 Å². The van der Waals surface area contributed by atoms with Crippen LogP contribution in [0.1, 0.15) is 32.1 Å². The molecule has 2 nitrogen and oxygen atoms in total. The molecule has 0 unspecified atom stereocenters. The van der Waals surface area contributed by atoms with E-state index in [0.29, 0.717) is 6.04 Å². The summed E-state index contributed by atoms with van der Waals surface area (Å²) in [4.78, 5) is 0. The van der Waals surface area contributed by atoms with Crippen molar-refractivity contribution in [3.63, 3.8) is 0 Å². The van der Waals surface area contributed by atoms with Gasteiger partial charge in [-0.3, -0.25) is 0 Å². The van der Waals surface area contributed by atoms with Crippen molar-refractivity contribution < 1.29 is 0 Å². The fourth-order valence-electron chi connectivity index (χ4n) is 2.80. The predicted molar refractivity (Wildman–Crippen MR) is 50.9 cm³/mol. The van der Waals surface area contributed by atoms with Gasteiger partial charge in [-0.25, -0.2) is 0 Å². The molecule has 0 bridgehead atoms. The maximum atomic E-state index is 6.05. The first-order chi connectivity index (χ1) is 5.88. The molecule has 1 saturated heterocycles. The Morgan fingerprint density at radius 3 is 2.33 bits per heavy atom. The number of rotatable bonds is 1. The molecule has 3 N–H and O–H groups in total. The summed E-state index contributed by atoms with van der Waals surface area (Å²) in [5.74, 6) is 1.72. The third kappa shape index (κ3) is 1.64. The van der Waals surface area contributed by atoms with Gasteiger partial charge in [0.25, 0.3) is 0 Å². The molecule has 12 heavy (non-hydrogen) atoms. The summed E-state index contributed by atoms with van der Waals surface area (Å²) in [6.45, 7) is 2.22. The summed E-state index contributed by atoms with van der Waals surface area (Å²) < 4.78 is 0. The summed E-state index contributed by atoms with van der Waals surface area (Å²) in [5.41, 5.74) is 6.05. The molecule has 70 valence electrons. The SMILES string of the molecule is N[C@@H]1CNC[C@H]1C1CCCCC1. The summed E-state index contributed by atoms with van der Waals surface area (Å²) in [6, 6.07) is 0.438. The zero-order chi connectivity index (χ0) is 8.39. The lowest BCUT2D eigenvalue weighted by molar-refractivity contribution is 0.247. The van der Waals surface area contributed by atoms with E-state index in [1.807, 2.05) is 0 Å². The minimum Gasteiger partial charge on any atom is -0.326 e. The first-order valence-corrected chi connectivity index (χ1v) is 5.34. The molecule has 2 rings (SSSR count). The zero-order valence-corrected chi connectivity index (χ0v) is 7.76. The van der Waals surface area contributed by atoms with Gasteiger partial charge in [0.15, 0.2) is 0 Å². The summed E-state index contributed by atoms with van der Waals surface area (Å²) in [5, 5.41) is 3.39. The van der Waals surface area contributed by atoms with Crippen LogP contribution in [0.4, 0.5) is 0 Å². The highest BCUT2D eigenvalue weighted by Crippen LogP contribution is 2.32. The van der Waals surface area contributed by atoms with Crippen LogP contribution in [0.5, 0.6) is 0 Å². The Hall–Kier alpha value is -0.0800. The zero-order valence-electron chi connectivity index (χ0n) is 7.76. The van der Waals surface area contributed by atoms with Gasteiger partial charge in [-0.2, -0.15) is 0 Å². The molecule has 0 radical (unpaired) electrons. The van der Waals surface area contributed by atoms with E-state index in [1.54, 1.807) is 0 Å². The Morgan fingerprint density at radius 2 is 1.75 bits per heavy atom.